The second-order valence-corrected chi connectivity index (χ2v) is 7.93. The van der Waals surface area contributed by atoms with Crippen LogP contribution in [0.5, 0.6) is 0 Å². The van der Waals surface area contributed by atoms with E-state index < -0.39 is 0 Å². The largest absolute Gasteiger partial charge is 0.373 e. The highest BCUT2D eigenvalue weighted by molar-refractivity contribution is 14.0. The lowest BCUT2D eigenvalue weighted by Crippen LogP contribution is -2.50. The molecule has 0 aliphatic carbocycles. The summed E-state index contributed by atoms with van der Waals surface area (Å²) in [5.41, 5.74) is 2.36. The predicted octanol–water partition coefficient (Wildman–Crippen LogP) is 3.26. The zero-order chi connectivity index (χ0) is 21.6. The molecule has 172 valence electrons. The summed E-state index contributed by atoms with van der Waals surface area (Å²) in [4.78, 5) is 20.0. The summed E-state index contributed by atoms with van der Waals surface area (Å²) in [7, 11) is 0. The highest BCUT2D eigenvalue weighted by Crippen LogP contribution is 2.25. The molecule has 2 heterocycles. The number of likely N-dealkylation sites (tertiary alicyclic amines) is 1. The van der Waals surface area contributed by atoms with Gasteiger partial charge in [-0.3, -0.25) is 15.0 Å². The van der Waals surface area contributed by atoms with Crippen molar-refractivity contribution in [1.82, 2.24) is 15.1 Å². The summed E-state index contributed by atoms with van der Waals surface area (Å²) in [5.74, 6) is 0.860. The molecule has 0 radical (unpaired) electrons. The molecule has 0 amide bonds. The van der Waals surface area contributed by atoms with Crippen molar-refractivity contribution in [3.8, 4) is 0 Å². The average Bonchev–Trinajstić information content (AvgIpc) is 3.23. The Morgan fingerprint density at radius 2 is 1.91 bits per heavy atom. The van der Waals surface area contributed by atoms with E-state index in [4.69, 9.17) is 9.73 Å². The molecule has 2 unspecified atom stereocenters. The predicted molar refractivity (Wildman–Crippen MR) is 135 cm³/mol. The van der Waals surface area contributed by atoms with Crippen molar-refractivity contribution in [2.24, 2.45) is 4.99 Å². The van der Waals surface area contributed by atoms with Crippen LogP contribution >= 0.6 is 24.0 Å². The quantitative estimate of drug-likeness (QED) is 0.195. The van der Waals surface area contributed by atoms with Crippen LogP contribution in [0.2, 0.25) is 0 Å². The second kappa shape index (κ2) is 11.6. The van der Waals surface area contributed by atoms with Gasteiger partial charge in [0.25, 0.3) is 5.69 Å². The maximum absolute atomic E-state index is 10.8. The van der Waals surface area contributed by atoms with E-state index >= 15 is 0 Å². The van der Waals surface area contributed by atoms with E-state index in [1.54, 1.807) is 12.1 Å². The second-order valence-electron chi connectivity index (χ2n) is 7.93. The molecular formula is C23H30IN5O3. The first-order chi connectivity index (χ1) is 15.1. The highest BCUT2D eigenvalue weighted by atomic mass is 127. The van der Waals surface area contributed by atoms with Crippen molar-refractivity contribution in [1.29, 1.82) is 0 Å². The average molecular weight is 551 g/mol. The van der Waals surface area contributed by atoms with Gasteiger partial charge < -0.3 is 15.0 Å². The first-order valence-corrected chi connectivity index (χ1v) is 10.8. The number of halogens is 1. The summed E-state index contributed by atoms with van der Waals surface area (Å²) in [6, 6.07) is 17.5. The molecule has 2 aromatic rings. The zero-order valence-electron chi connectivity index (χ0n) is 18.2. The number of guanidine groups is 1. The lowest BCUT2D eigenvalue weighted by Gasteiger charge is -2.36. The van der Waals surface area contributed by atoms with E-state index in [-0.39, 0.29) is 40.7 Å². The van der Waals surface area contributed by atoms with E-state index in [9.17, 15) is 10.1 Å². The van der Waals surface area contributed by atoms with E-state index in [0.29, 0.717) is 12.6 Å². The Balaban J connectivity index is 0.00000289. The molecule has 32 heavy (non-hydrogen) atoms. The molecule has 9 heteroatoms. The molecule has 4 rings (SSSR count). The van der Waals surface area contributed by atoms with Crippen LogP contribution in [0.4, 0.5) is 5.69 Å². The molecule has 2 saturated heterocycles. The van der Waals surface area contributed by atoms with Gasteiger partial charge >= 0.3 is 0 Å². The molecule has 2 aromatic carbocycles. The first kappa shape index (κ1) is 24.4. The third-order valence-corrected chi connectivity index (χ3v) is 5.84. The smallest absolute Gasteiger partial charge is 0.269 e. The van der Waals surface area contributed by atoms with Crippen molar-refractivity contribution in [2.45, 2.75) is 32.2 Å². The number of nitrogens with one attached hydrogen (secondary N) is 1. The van der Waals surface area contributed by atoms with Crippen molar-refractivity contribution >= 4 is 35.6 Å². The number of ether oxygens (including phenoxy) is 1. The normalized spacial score (nSPS) is 21.0. The van der Waals surface area contributed by atoms with Crippen LogP contribution in [0.1, 0.15) is 18.1 Å². The van der Waals surface area contributed by atoms with E-state index in [2.05, 4.69) is 46.3 Å². The Morgan fingerprint density at radius 1 is 1.16 bits per heavy atom. The molecule has 0 spiro atoms. The number of nitrogens with zero attached hydrogens (tertiary/aromatic N) is 4. The number of nitro benzene ring substituents is 1. The summed E-state index contributed by atoms with van der Waals surface area (Å²) in [5, 5.41) is 14.2. The monoisotopic (exact) mass is 551 g/mol. The Bertz CT molecular complexity index is 910. The van der Waals surface area contributed by atoms with Crippen LogP contribution in [0.15, 0.2) is 59.6 Å². The van der Waals surface area contributed by atoms with Crippen LogP contribution in [-0.4, -0.2) is 65.6 Å². The van der Waals surface area contributed by atoms with Gasteiger partial charge in [-0.25, -0.2) is 4.99 Å². The number of non-ortho nitro benzene ring substituents is 1. The van der Waals surface area contributed by atoms with Crippen LogP contribution in [0.3, 0.4) is 0 Å². The van der Waals surface area contributed by atoms with Crippen LogP contribution < -0.4 is 5.32 Å². The lowest BCUT2D eigenvalue weighted by atomic mass is 10.1. The minimum absolute atomic E-state index is 0. The third-order valence-electron chi connectivity index (χ3n) is 5.84. The van der Waals surface area contributed by atoms with Gasteiger partial charge in [0.1, 0.15) is 0 Å². The number of morpholine rings is 1. The minimum atomic E-state index is -0.385. The van der Waals surface area contributed by atoms with Gasteiger partial charge in [-0.1, -0.05) is 42.5 Å². The van der Waals surface area contributed by atoms with E-state index in [0.717, 1.165) is 50.9 Å². The molecule has 0 saturated carbocycles. The molecule has 8 nitrogen and oxygen atoms in total. The molecule has 1 N–H and O–H groups in total. The van der Waals surface area contributed by atoms with Crippen molar-refractivity contribution in [3.05, 3.63) is 75.8 Å². The fraction of sp³-hybridized carbons (Fsp3) is 0.435. The van der Waals surface area contributed by atoms with Gasteiger partial charge in [-0.05, 0) is 18.1 Å². The standard InChI is InChI=1S/C23H29N5O3.HI/c1-2-24-23(25-14-18-8-10-20(11-9-18)28(29)30)27-16-21-22(17-27)31-13-12-26(21)15-19-6-4-3-5-7-19;/h3-11,21-22H,2,12-17H2,1H3,(H,24,25);1H. The molecule has 2 aliphatic heterocycles. The number of hydrogen-bond acceptors (Lipinski definition) is 5. The maximum atomic E-state index is 10.8. The number of nitro groups is 1. The van der Waals surface area contributed by atoms with Crippen LogP contribution in [-0.2, 0) is 17.8 Å². The van der Waals surface area contributed by atoms with Gasteiger partial charge in [0.2, 0.25) is 0 Å². The highest BCUT2D eigenvalue weighted by Gasteiger charge is 2.41. The topological polar surface area (TPSA) is 83.2 Å². The molecule has 2 fully saturated rings. The molecular weight excluding hydrogens is 521 g/mol. The number of benzene rings is 2. The zero-order valence-corrected chi connectivity index (χ0v) is 20.6. The Kier molecular flexibility index (Phi) is 8.83. The Morgan fingerprint density at radius 3 is 2.59 bits per heavy atom. The molecule has 2 atom stereocenters. The third kappa shape index (κ3) is 5.96. The van der Waals surface area contributed by atoms with Gasteiger partial charge in [-0.15, -0.1) is 24.0 Å². The summed E-state index contributed by atoms with van der Waals surface area (Å²) >= 11 is 0. The van der Waals surface area contributed by atoms with Gasteiger partial charge in [0.05, 0.1) is 30.2 Å². The Hall–Kier alpha value is -2.24. The molecule has 0 aromatic heterocycles. The van der Waals surface area contributed by atoms with Crippen molar-refractivity contribution in [3.63, 3.8) is 0 Å². The first-order valence-electron chi connectivity index (χ1n) is 10.8. The number of aliphatic imine (C=N–C) groups is 1. The summed E-state index contributed by atoms with van der Waals surface area (Å²) in [6.07, 6.45) is 0.167. The molecule has 0 bridgehead atoms. The number of fused-ring (bicyclic) bond motifs is 1. The van der Waals surface area contributed by atoms with Crippen LogP contribution in [0, 0.1) is 10.1 Å². The van der Waals surface area contributed by atoms with Crippen molar-refractivity contribution < 1.29 is 9.66 Å². The maximum Gasteiger partial charge on any atom is 0.269 e. The fourth-order valence-electron chi connectivity index (χ4n) is 4.26. The number of hydrogen-bond donors (Lipinski definition) is 1. The number of rotatable bonds is 6. The van der Waals surface area contributed by atoms with Crippen LogP contribution in [0.25, 0.3) is 0 Å². The summed E-state index contributed by atoms with van der Waals surface area (Å²) < 4.78 is 6.10. The minimum Gasteiger partial charge on any atom is -0.373 e. The Labute approximate surface area is 205 Å². The van der Waals surface area contributed by atoms with Gasteiger partial charge in [0, 0.05) is 44.9 Å². The van der Waals surface area contributed by atoms with Crippen molar-refractivity contribution in [2.75, 3.05) is 32.8 Å². The SMILES string of the molecule is CCNC(=NCc1ccc([N+](=O)[O-])cc1)N1CC2OCCN(Cc3ccccc3)C2C1.I. The van der Waals surface area contributed by atoms with Gasteiger partial charge in [-0.2, -0.15) is 0 Å². The van der Waals surface area contributed by atoms with E-state index in [1.165, 1.54) is 17.7 Å². The van der Waals surface area contributed by atoms with E-state index in [1.807, 2.05) is 6.07 Å². The van der Waals surface area contributed by atoms with Gasteiger partial charge in [0.15, 0.2) is 5.96 Å². The fourth-order valence-corrected chi connectivity index (χ4v) is 4.26. The lowest BCUT2D eigenvalue weighted by molar-refractivity contribution is -0.384. The molecule has 2 aliphatic rings. The summed E-state index contributed by atoms with van der Waals surface area (Å²) in [6.45, 7) is 7.59.